The van der Waals surface area contributed by atoms with Gasteiger partial charge < -0.3 is 0 Å². The quantitative estimate of drug-likeness (QED) is 0.775. The van der Waals surface area contributed by atoms with Crippen molar-refractivity contribution in [1.29, 1.82) is 0 Å². The van der Waals surface area contributed by atoms with E-state index in [0.717, 1.165) is 24.2 Å². The Hall–Kier alpha value is -1.64. The van der Waals surface area contributed by atoms with Gasteiger partial charge in [-0.3, -0.25) is 5.32 Å². The summed E-state index contributed by atoms with van der Waals surface area (Å²) >= 11 is 0. The first-order valence-corrected chi connectivity index (χ1v) is 6.11. The topological polar surface area (TPSA) is 12.0 Å². The van der Waals surface area contributed by atoms with Gasteiger partial charge in [-0.05, 0) is 24.3 Å². The van der Waals surface area contributed by atoms with Crippen molar-refractivity contribution < 1.29 is 0 Å². The molecule has 0 amide bonds. The summed E-state index contributed by atoms with van der Waals surface area (Å²) in [6, 6.07) is 21.5. The van der Waals surface area contributed by atoms with Gasteiger partial charge in [-0.2, -0.15) is 0 Å². The first-order valence-electron chi connectivity index (χ1n) is 6.11. The molecule has 1 heterocycles. The normalized spacial score (nSPS) is 18.1. The highest BCUT2D eigenvalue weighted by Gasteiger charge is 2.36. The molecule has 1 aliphatic heterocycles. The Morgan fingerprint density at radius 1 is 0.765 bits per heavy atom. The molecule has 1 saturated heterocycles. The van der Waals surface area contributed by atoms with Crippen LogP contribution < -0.4 is 9.80 Å². The summed E-state index contributed by atoms with van der Waals surface area (Å²) in [6.45, 7) is 3.17. The van der Waals surface area contributed by atoms with Crippen LogP contribution in [0, 0.1) is 0 Å². The van der Waals surface area contributed by atoms with Crippen LogP contribution in [0.2, 0.25) is 0 Å². The van der Waals surface area contributed by atoms with Crippen LogP contribution in [0.15, 0.2) is 60.7 Å². The van der Waals surface area contributed by atoms with Crippen molar-refractivity contribution in [3.63, 3.8) is 0 Å². The third-order valence-electron chi connectivity index (χ3n) is 3.55. The molecule has 17 heavy (non-hydrogen) atoms. The van der Waals surface area contributed by atoms with Crippen molar-refractivity contribution in [1.82, 2.24) is 9.80 Å². The second kappa shape index (κ2) is 4.32. The summed E-state index contributed by atoms with van der Waals surface area (Å²) in [5.41, 5.74) is 2.73. The summed E-state index contributed by atoms with van der Waals surface area (Å²) in [4.78, 5) is 0. The summed E-state index contributed by atoms with van der Waals surface area (Å²) in [5, 5.41) is 3.48. The SMILES string of the molecule is c1ccc([N+]2(c3ccccc3)CCNC2)cc1. The van der Waals surface area contributed by atoms with Gasteiger partial charge in [0.15, 0.2) is 0 Å². The fourth-order valence-electron chi connectivity index (χ4n) is 2.64. The first kappa shape index (κ1) is 10.5. The van der Waals surface area contributed by atoms with E-state index in [4.69, 9.17) is 0 Å². The Morgan fingerprint density at radius 2 is 1.29 bits per heavy atom. The van der Waals surface area contributed by atoms with E-state index in [1.54, 1.807) is 0 Å². The maximum Gasteiger partial charge on any atom is 0.142 e. The number of hydrogen-bond acceptors (Lipinski definition) is 1. The van der Waals surface area contributed by atoms with Crippen LogP contribution in [0.5, 0.6) is 0 Å². The van der Waals surface area contributed by atoms with Gasteiger partial charge in [-0.25, -0.2) is 4.48 Å². The second-order valence-electron chi connectivity index (χ2n) is 4.52. The van der Waals surface area contributed by atoms with E-state index in [9.17, 15) is 0 Å². The van der Waals surface area contributed by atoms with E-state index >= 15 is 0 Å². The molecule has 0 saturated carbocycles. The predicted octanol–water partition coefficient (Wildman–Crippen LogP) is 2.89. The van der Waals surface area contributed by atoms with Gasteiger partial charge in [0.2, 0.25) is 0 Å². The third-order valence-corrected chi connectivity index (χ3v) is 3.55. The molecule has 0 bridgehead atoms. The number of rotatable bonds is 2. The van der Waals surface area contributed by atoms with Crippen LogP contribution in [-0.2, 0) is 0 Å². The molecule has 0 spiro atoms. The molecule has 1 fully saturated rings. The molecule has 3 rings (SSSR count). The molecule has 86 valence electrons. The van der Waals surface area contributed by atoms with Gasteiger partial charge in [0.1, 0.15) is 24.6 Å². The van der Waals surface area contributed by atoms with E-state index in [-0.39, 0.29) is 0 Å². The second-order valence-corrected chi connectivity index (χ2v) is 4.52. The molecule has 2 aromatic carbocycles. The van der Waals surface area contributed by atoms with E-state index < -0.39 is 0 Å². The summed E-state index contributed by atoms with van der Waals surface area (Å²) < 4.78 is 0.918. The molecule has 0 aromatic heterocycles. The van der Waals surface area contributed by atoms with Crippen LogP contribution in [0.1, 0.15) is 0 Å². The van der Waals surface area contributed by atoms with Crippen LogP contribution >= 0.6 is 0 Å². The molecule has 0 aliphatic carbocycles. The number of hydrogen-bond donors (Lipinski definition) is 1. The van der Waals surface area contributed by atoms with Crippen molar-refractivity contribution >= 4 is 11.4 Å². The Balaban J connectivity index is 2.11. The van der Waals surface area contributed by atoms with Crippen molar-refractivity contribution in [3.05, 3.63) is 60.7 Å². The third kappa shape index (κ3) is 1.75. The Morgan fingerprint density at radius 3 is 1.71 bits per heavy atom. The van der Waals surface area contributed by atoms with E-state index in [1.807, 2.05) is 0 Å². The average molecular weight is 225 g/mol. The van der Waals surface area contributed by atoms with Gasteiger partial charge in [-0.1, -0.05) is 36.4 Å². The van der Waals surface area contributed by atoms with Gasteiger partial charge in [0.05, 0.1) is 6.54 Å². The highest BCUT2D eigenvalue weighted by Crippen LogP contribution is 2.34. The van der Waals surface area contributed by atoms with Crippen molar-refractivity contribution in [2.24, 2.45) is 0 Å². The van der Waals surface area contributed by atoms with E-state index in [2.05, 4.69) is 66.0 Å². The molecular formula is C15H17N2+. The van der Waals surface area contributed by atoms with Gasteiger partial charge in [-0.15, -0.1) is 0 Å². The van der Waals surface area contributed by atoms with Gasteiger partial charge in [0.25, 0.3) is 0 Å². The molecule has 0 atom stereocenters. The lowest BCUT2D eigenvalue weighted by molar-refractivity contribution is 0.460. The van der Waals surface area contributed by atoms with Crippen LogP contribution in [0.25, 0.3) is 0 Å². The fraction of sp³-hybridized carbons (Fsp3) is 0.200. The smallest absolute Gasteiger partial charge is 0.142 e. The van der Waals surface area contributed by atoms with Gasteiger partial charge in [0, 0.05) is 0 Å². The highest BCUT2D eigenvalue weighted by molar-refractivity contribution is 5.58. The lowest BCUT2D eigenvalue weighted by Gasteiger charge is -2.32. The largest absolute Gasteiger partial charge is 0.264 e. The van der Waals surface area contributed by atoms with Gasteiger partial charge >= 0.3 is 0 Å². The monoisotopic (exact) mass is 225 g/mol. The minimum atomic E-state index is 0.918. The molecular weight excluding hydrogens is 208 g/mol. The zero-order valence-electron chi connectivity index (χ0n) is 9.84. The summed E-state index contributed by atoms with van der Waals surface area (Å²) in [6.07, 6.45) is 0. The number of nitrogens with one attached hydrogen (secondary N) is 1. The Bertz CT molecular complexity index is 431. The molecule has 1 aliphatic rings. The van der Waals surface area contributed by atoms with Crippen molar-refractivity contribution in [3.8, 4) is 0 Å². The molecule has 0 radical (unpaired) electrons. The highest BCUT2D eigenvalue weighted by atomic mass is 15.5. The molecule has 2 aromatic rings. The lowest BCUT2D eigenvalue weighted by Crippen LogP contribution is -2.42. The fourth-order valence-corrected chi connectivity index (χ4v) is 2.64. The maximum absolute atomic E-state index is 3.48. The number of quaternary nitrogens is 1. The Labute approximate surface area is 102 Å². The molecule has 0 unspecified atom stereocenters. The van der Waals surface area contributed by atoms with Crippen molar-refractivity contribution in [2.45, 2.75) is 0 Å². The van der Waals surface area contributed by atoms with E-state index in [0.29, 0.717) is 0 Å². The minimum Gasteiger partial charge on any atom is -0.264 e. The summed E-state index contributed by atoms with van der Waals surface area (Å²) in [7, 11) is 0. The molecule has 2 nitrogen and oxygen atoms in total. The Kier molecular flexibility index (Phi) is 2.67. The van der Waals surface area contributed by atoms with Crippen LogP contribution in [0.3, 0.4) is 0 Å². The first-order chi connectivity index (χ1) is 8.42. The van der Waals surface area contributed by atoms with Crippen molar-refractivity contribution in [2.75, 3.05) is 19.8 Å². The minimum absolute atomic E-state index is 0.918. The number of para-hydroxylation sites is 2. The zero-order chi connectivity index (χ0) is 11.6. The standard InChI is InChI=1S/C15H17N2/c1-3-7-14(8-4-1)17(12-11-16-13-17)15-9-5-2-6-10-15/h1-10,16H,11-13H2/q+1. The molecule has 2 heteroatoms. The lowest BCUT2D eigenvalue weighted by atomic mass is 10.2. The van der Waals surface area contributed by atoms with Crippen LogP contribution in [-0.4, -0.2) is 19.8 Å². The van der Waals surface area contributed by atoms with E-state index in [1.165, 1.54) is 11.4 Å². The van der Waals surface area contributed by atoms with Crippen LogP contribution in [0.4, 0.5) is 11.4 Å². The zero-order valence-corrected chi connectivity index (χ0v) is 9.84. The summed E-state index contributed by atoms with van der Waals surface area (Å²) in [5.74, 6) is 0. The number of nitrogens with zero attached hydrogens (tertiary/aromatic N) is 1. The average Bonchev–Trinajstić information content (AvgIpc) is 2.91. The maximum atomic E-state index is 3.48. The number of benzene rings is 2. The predicted molar refractivity (Wildman–Crippen MR) is 72.1 cm³/mol. The molecule has 1 N–H and O–H groups in total.